The van der Waals surface area contributed by atoms with Gasteiger partial charge in [-0.15, -0.1) is 0 Å². The lowest BCUT2D eigenvalue weighted by Crippen LogP contribution is -1.89. The molecule has 3 nitrogen and oxygen atoms in total. The number of rotatable bonds is 3. The predicted molar refractivity (Wildman–Crippen MR) is 60.6 cm³/mol. The number of hydrogen-bond donors (Lipinski definition) is 1. The molecule has 0 unspecified atom stereocenters. The second-order valence-corrected chi connectivity index (χ2v) is 3.47. The van der Waals surface area contributed by atoms with Gasteiger partial charge in [-0.05, 0) is 12.0 Å². The highest BCUT2D eigenvalue weighted by molar-refractivity contribution is 5.59. The zero-order chi connectivity index (χ0) is 10.7. The average Bonchev–Trinajstić information content (AvgIpc) is 2.77. The van der Waals surface area contributed by atoms with Crippen molar-refractivity contribution in [1.29, 1.82) is 0 Å². The van der Waals surface area contributed by atoms with Crippen molar-refractivity contribution in [3.63, 3.8) is 0 Å². The van der Waals surface area contributed by atoms with Gasteiger partial charge in [-0.3, -0.25) is 5.10 Å². The highest BCUT2D eigenvalue weighted by atomic mass is 15.2. The van der Waals surface area contributed by atoms with Gasteiger partial charge in [-0.2, -0.15) is 5.10 Å². The van der Waals surface area contributed by atoms with E-state index in [-0.39, 0.29) is 0 Å². The van der Waals surface area contributed by atoms with Gasteiger partial charge in [0.25, 0.3) is 0 Å². The van der Waals surface area contributed by atoms with E-state index < -0.39 is 0 Å². The van der Waals surface area contributed by atoms with Crippen molar-refractivity contribution in [2.24, 2.45) is 0 Å². The highest BCUT2D eigenvalue weighted by Gasteiger charge is 2.07. The number of hydrogen-bond acceptors (Lipinski definition) is 2. The molecule has 0 aliphatic carbocycles. The number of benzene rings is 1. The molecule has 0 bridgehead atoms. The first-order chi connectivity index (χ1) is 7.35. The number of aromatic amines is 1. The zero-order valence-corrected chi connectivity index (χ0v) is 9.12. The Morgan fingerprint density at radius 2 is 1.93 bits per heavy atom. The summed E-state index contributed by atoms with van der Waals surface area (Å²) >= 11 is 0. The average molecular weight is 201 g/mol. The van der Waals surface area contributed by atoms with Crippen molar-refractivity contribution >= 4 is 0 Å². The molecule has 0 aliphatic heterocycles. The topological polar surface area (TPSA) is 41.6 Å². The molecule has 0 atom stereocenters. The molecule has 0 aliphatic rings. The third-order valence-corrected chi connectivity index (χ3v) is 2.51. The minimum Gasteiger partial charge on any atom is -0.263 e. The summed E-state index contributed by atoms with van der Waals surface area (Å²) in [7, 11) is 0. The Balaban J connectivity index is 2.44. The lowest BCUT2D eigenvalue weighted by atomic mass is 10.1. The van der Waals surface area contributed by atoms with Crippen molar-refractivity contribution in [3.8, 4) is 11.4 Å². The Kier molecular flexibility index (Phi) is 2.81. The maximum absolute atomic E-state index is 4.44. The molecule has 0 amide bonds. The van der Waals surface area contributed by atoms with Crippen LogP contribution < -0.4 is 0 Å². The van der Waals surface area contributed by atoms with E-state index in [1.807, 2.05) is 6.07 Å². The van der Waals surface area contributed by atoms with E-state index in [0.29, 0.717) is 0 Å². The van der Waals surface area contributed by atoms with Crippen LogP contribution in [0.25, 0.3) is 11.4 Å². The first-order valence-electron chi connectivity index (χ1n) is 5.34. The Labute approximate surface area is 89.6 Å². The molecule has 78 valence electrons. The molecular weight excluding hydrogens is 186 g/mol. The summed E-state index contributed by atoms with van der Waals surface area (Å²) in [5, 5.41) is 7.17. The van der Waals surface area contributed by atoms with E-state index in [1.54, 1.807) is 0 Å². The van der Waals surface area contributed by atoms with E-state index in [1.165, 1.54) is 5.56 Å². The van der Waals surface area contributed by atoms with E-state index in [2.05, 4.69) is 47.2 Å². The summed E-state index contributed by atoms with van der Waals surface area (Å²) in [4.78, 5) is 4.44. The Morgan fingerprint density at radius 3 is 2.60 bits per heavy atom. The zero-order valence-electron chi connectivity index (χ0n) is 9.12. The van der Waals surface area contributed by atoms with Gasteiger partial charge < -0.3 is 0 Å². The second kappa shape index (κ2) is 4.26. The molecule has 0 saturated carbocycles. The number of nitrogens with one attached hydrogen (secondary N) is 1. The smallest absolute Gasteiger partial charge is 0.181 e. The van der Waals surface area contributed by atoms with Crippen molar-refractivity contribution in [2.45, 2.75) is 26.7 Å². The fourth-order valence-corrected chi connectivity index (χ4v) is 1.62. The van der Waals surface area contributed by atoms with Gasteiger partial charge in [-0.1, -0.05) is 38.1 Å². The van der Waals surface area contributed by atoms with Crippen LogP contribution in [0.2, 0.25) is 0 Å². The number of H-pyrrole nitrogens is 1. The van der Waals surface area contributed by atoms with Crippen molar-refractivity contribution in [1.82, 2.24) is 15.2 Å². The van der Waals surface area contributed by atoms with Crippen molar-refractivity contribution < 1.29 is 0 Å². The summed E-state index contributed by atoms with van der Waals surface area (Å²) in [6.07, 6.45) is 1.90. The fraction of sp³-hybridized carbons (Fsp3) is 0.333. The molecule has 1 aromatic heterocycles. The van der Waals surface area contributed by atoms with E-state index in [0.717, 1.165) is 30.1 Å². The van der Waals surface area contributed by atoms with Crippen LogP contribution in [0, 0.1) is 0 Å². The van der Waals surface area contributed by atoms with Crippen LogP contribution in [-0.4, -0.2) is 15.2 Å². The normalized spacial score (nSPS) is 10.5. The van der Waals surface area contributed by atoms with Crippen LogP contribution in [0.4, 0.5) is 0 Å². The Morgan fingerprint density at radius 1 is 1.13 bits per heavy atom. The van der Waals surface area contributed by atoms with Crippen LogP contribution in [0.1, 0.15) is 25.2 Å². The molecular formula is C12H15N3. The van der Waals surface area contributed by atoms with Gasteiger partial charge in [-0.25, -0.2) is 4.98 Å². The van der Waals surface area contributed by atoms with Crippen LogP contribution in [0.3, 0.4) is 0 Å². The summed E-state index contributed by atoms with van der Waals surface area (Å²) in [6, 6.07) is 8.27. The number of aromatic nitrogens is 3. The van der Waals surface area contributed by atoms with Crippen molar-refractivity contribution in [3.05, 3.63) is 35.7 Å². The van der Waals surface area contributed by atoms with E-state index in [4.69, 9.17) is 0 Å². The third kappa shape index (κ3) is 1.91. The van der Waals surface area contributed by atoms with Gasteiger partial charge in [0.05, 0.1) is 0 Å². The third-order valence-electron chi connectivity index (χ3n) is 2.51. The Hall–Kier alpha value is -1.64. The quantitative estimate of drug-likeness (QED) is 0.829. The minimum absolute atomic E-state index is 0.810. The van der Waals surface area contributed by atoms with Gasteiger partial charge >= 0.3 is 0 Å². The molecule has 0 fully saturated rings. The monoisotopic (exact) mass is 201 g/mol. The highest BCUT2D eigenvalue weighted by Crippen LogP contribution is 2.20. The SMILES string of the molecule is CCc1nc(-c2ccccc2CC)n[nH]1. The molecule has 3 heteroatoms. The molecule has 15 heavy (non-hydrogen) atoms. The second-order valence-electron chi connectivity index (χ2n) is 3.47. The number of nitrogens with zero attached hydrogens (tertiary/aromatic N) is 2. The largest absolute Gasteiger partial charge is 0.263 e. The predicted octanol–water partition coefficient (Wildman–Crippen LogP) is 2.60. The lowest BCUT2D eigenvalue weighted by molar-refractivity contribution is 0.946. The maximum atomic E-state index is 4.44. The lowest BCUT2D eigenvalue weighted by Gasteiger charge is -2.02. The van der Waals surface area contributed by atoms with Crippen molar-refractivity contribution in [2.75, 3.05) is 0 Å². The first-order valence-corrected chi connectivity index (χ1v) is 5.34. The van der Waals surface area contributed by atoms with E-state index >= 15 is 0 Å². The van der Waals surface area contributed by atoms with Gasteiger partial charge in [0.15, 0.2) is 5.82 Å². The molecule has 1 N–H and O–H groups in total. The molecule has 2 rings (SSSR count). The fourth-order valence-electron chi connectivity index (χ4n) is 1.62. The van der Waals surface area contributed by atoms with Crippen LogP contribution in [0.5, 0.6) is 0 Å². The first kappa shape index (κ1) is 9.90. The Bertz CT molecular complexity index is 446. The number of aryl methyl sites for hydroxylation is 2. The van der Waals surface area contributed by atoms with E-state index in [9.17, 15) is 0 Å². The van der Waals surface area contributed by atoms with Gasteiger partial charge in [0.2, 0.25) is 0 Å². The molecule has 2 aromatic rings. The molecule has 1 heterocycles. The molecule has 0 saturated heterocycles. The van der Waals surface area contributed by atoms with Gasteiger partial charge in [0.1, 0.15) is 5.82 Å². The summed E-state index contributed by atoms with van der Waals surface area (Å²) in [5.41, 5.74) is 2.43. The summed E-state index contributed by atoms with van der Waals surface area (Å²) in [6.45, 7) is 4.21. The van der Waals surface area contributed by atoms with Crippen LogP contribution >= 0.6 is 0 Å². The molecule has 1 aromatic carbocycles. The standard InChI is InChI=1S/C12H15N3/c1-3-9-7-5-6-8-10(9)12-13-11(4-2)14-15-12/h5-8H,3-4H2,1-2H3,(H,13,14,15). The van der Waals surface area contributed by atoms with Gasteiger partial charge in [0, 0.05) is 12.0 Å². The molecule has 0 spiro atoms. The van der Waals surface area contributed by atoms with Crippen LogP contribution in [0.15, 0.2) is 24.3 Å². The summed E-state index contributed by atoms with van der Waals surface area (Å²) < 4.78 is 0. The summed E-state index contributed by atoms with van der Waals surface area (Å²) in [5.74, 6) is 1.75. The van der Waals surface area contributed by atoms with Crippen LogP contribution in [-0.2, 0) is 12.8 Å². The minimum atomic E-state index is 0.810. The molecule has 0 radical (unpaired) electrons. The maximum Gasteiger partial charge on any atom is 0.181 e.